The van der Waals surface area contributed by atoms with Gasteiger partial charge in [-0.1, -0.05) is 0 Å². The lowest BCUT2D eigenvalue weighted by Crippen LogP contribution is -2.38. The van der Waals surface area contributed by atoms with Gasteiger partial charge in [0.05, 0.1) is 18.4 Å². The van der Waals surface area contributed by atoms with Gasteiger partial charge in [0.15, 0.2) is 0 Å². The second kappa shape index (κ2) is 6.55. The molecule has 0 aliphatic heterocycles. The topological polar surface area (TPSA) is 69.2 Å². The summed E-state index contributed by atoms with van der Waals surface area (Å²) in [7, 11) is 0. The quantitative estimate of drug-likeness (QED) is 0.762. The second-order valence-corrected chi connectivity index (χ2v) is 4.58. The van der Waals surface area contributed by atoms with Crippen molar-refractivity contribution in [2.24, 2.45) is 0 Å². The van der Waals surface area contributed by atoms with Crippen molar-refractivity contribution in [3.05, 3.63) is 18.2 Å². The monoisotopic (exact) mass is 243 g/mol. The van der Waals surface area contributed by atoms with E-state index < -0.39 is 0 Å². The van der Waals surface area contributed by atoms with Gasteiger partial charge in [-0.25, -0.2) is 4.98 Å². The normalized spacial score (nSPS) is 12.4. The maximum absolute atomic E-state index is 11.9. The first-order valence-corrected chi connectivity index (χ1v) is 6.38. The number of carbonyl (C=O) groups is 1. The van der Waals surface area contributed by atoms with E-state index in [2.05, 4.69) is 9.97 Å². The van der Waals surface area contributed by atoms with Crippen molar-refractivity contribution in [3.63, 3.8) is 0 Å². The second-order valence-electron chi connectivity index (χ2n) is 3.40. The van der Waals surface area contributed by atoms with Crippen molar-refractivity contribution in [1.29, 1.82) is 0 Å². The van der Waals surface area contributed by atoms with Crippen molar-refractivity contribution in [3.8, 4) is 0 Å². The maximum atomic E-state index is 11.9. The van der Waals surface area contributed by atoms with Crippen molar-refractivity contribution in [2.45, 2.75) is 18.7 Å². The number of H-pyrrole nitrogens is 1. The van der Waals surface area contributed by atoms with Crippen molar-refractivity contribution in [1.82, 2.24) is 14.9 Å². The highest BCUT2D eigenvalue weighted by Crippen LogP contribution is 2.10. The number of hydrogen-bond acceptors (Lipinski definition) is 4. The van der Waals surface area contributed by atoms with Gasteiger partial charge in [-0.05, 0) is 13.2 Å². The third-order valence-corrected chi connectivity index (χ3v) is 3.19. The molecule has 6 heteroatoms. The molecule has 1 atom stereocenters. The summed E-state index contributed by atoms with van der Waals surface area (Å²) in [4.78, 5) is 20.6. The standard InChI is InChI=1S/C10H17N3O2S/c1-8(16-2)10(15)13(5-6-14)7-9-11-3-4-12-9/h3-4,8,14H,5-7H2,1-2H3,(H,11,12). The Balaban J connectivity index is 2.63. The fourth-order valence-electron chi connectivity index (χ4n) is 1.31. The minimum atomic E-state index is -0.0958. The molecule has 0 saturated heterocycles. The fraction of sp³-hybridized carbons (Fsp3) is 0.600. The Morgan fingerprint density at radius 1 is 1.75 bits per heavy atom. The van der Waals surface area contributed by atoms with Crippen LogP contribution in [0.4, 0.5) is 0 Å². The summed E-state index contributed by atoms with van der Waals surface area (Å²) in [6, 6.07) is 0. The molecule has 1 rings (SSSR count). The van der Waals surface area contributed by atoms with Crippen molar-refractivity contribution in [2.75, 3.05) is 19.4 Å². The van der Waals surface area contributed by atoms with Crippen LogP contribution in [-0.2, 0) is 11.3 Å². The number of nitrogens with one attached hydrogen (secondary N) is 1. The highest BCUT2D eigenvalue weighted by atomic mass is 32.2. The van der Waals surface area contributed by atoms with Gasteiger partial charge in [0.25, 0.3) is 0 Å². The number of aliphatic hydroxyl groups excluding tert-OH is 1. The van der Waals surface area contributed by atoms with Gasteiger partial charge in [0.1, 0.15) is 5.82 Å². The molecule has 0 aromatic carbocycles. The minimum Gasteiger partial charge on any atom is -0.395 e. The van der Waals surface area contributed by atoms with Gasteiger partial charge in [-0.15, -0.1) is 0 Å². The van der Waals surface area contributed by atoms with Crippen LogP contribution in [-0.4, -0.2) is 50.5 Å². The number of carbonyl (C=O) groups excluding carboxylic acids is 1. The third kappa shape index (κ3) is 3.53. The molecule has 0 aliphatic rings. The molecule has 1 amide bonds. The van der Waals surface area contributed by atoms with Gasteiger partial charge >= 0.3 is 0 Å². The summed E-state index contributed by atoms with van der Waals surface area (Å²) in [5.74, 6) is 0.757. The van der Waals surface area contributed by atoms with E-state index in [0.717, 1.165) is 5.82 Å². The molecule has 1 unspecified atom stereocenters. The fourth-order valence-corrected chi connectivity index (χ4v) is 1.66. The smallest absolute Gasteiger partial charge is 0.235 e. The van der Waals surface area contributed by atoms with E-state index in [1.807, 2.05) is 13.2 Å². The number of thioether (sulfide) groups is 1. The number of aromatic amines is 1. The van der Waals surface area contributed by atoms with Crippen LogP contribution in [0.3, 0.4) is 0 Å². The summed E-state index contributed by atoms with van der Waals surface area (Å²) in [5.41, 5.74) is 0. The molecule has 0 fully saturated rings. The number of imidazole rings is 1. The molecule has 1 heterocycles. The maximum Gasteiger partial charge on any atom is 0.235 e. The SMILES string of the molecule is CSC(C)C(=O)N(CCO)Cc1ncc[nH]1. The lowest BCUT2D eigenvalue weighted by molar-refractivity contribution is -0.131. The average molecular weight is 243 g/mol. The minimum absolute atomic E-state index is 0.0259. The van der Waals surface area contributed by atoms with Crippen LogP contribution < -0.4 is 0 Å². The molecule has 0 aliphatic carbocycles. The van der Waals surface area contributed by atoms with Crippen molar-refractivity contribution >= 4 is 17.7 Å². The average Bonchev–Trinajstić information content (AvgIpc) is 2.79. The summed E-state index contributed by atoms with van der Waals surface area (Å²) in [6.07, 6.45) is 5.26. The van der Waals surface area contributed by atoms with E-state index >= 15 is 0 Å². The Labute approximate surface area is 99.3 Å². The Hall–Kier alpha value is -1.01. The highest BCUT2D eigenvalue weighted by Gasteiger charge is 2.19. The molecule has 90 valence electrons. The molecular formula is C10H17N3O2S. The van der Waals surface area contributed by atoms with Crippen LogP contribution in [0.25, 0.3) is 0 Å². The predicted molar refractivity (Wildman–Crippen MR) is 64.1 cm³/mol. The largest absolute Gasteiger partial charge is 0.395 e. The zero-order valence-electron chi connectivity index (χ0n) is 9.51. The number of aliphatic hydroxyl groups is 1. The molecule has 5 nitrogen and oxygen atoms in total. The number of amides is 1. The van der Waals surface area contributed by atoms with Crippen LogP contribution in [0.15, 0.2) is 12.4 Å². The summed E-state index contributed by atoms with van der Waals surface area (Å²) < 4.78 is 0. The Kier molecular flexibility index (Phi) is 5.34. The lowest BCUT2D eigenvalue weighted by Gasteiger charge is -2.23. The van der Waals surface area contributed by atoms with E-state index in [-0.39, 0.29) is 17.8 Å². The zero-order chi connectivity index (χ0) is 12.0. The molecular weight excluding hydrogens is 226 g/mol. The van der Waals surface area contributed by atoms with E-state index in [1.165, 1.54) is 11.8 Å². The summed E-state index contributed by atoms with van der Waals surface area (Å²) in [5, 5.41) is 8.84. The Bertz CT molecular complexity index is 316. The van der Waals surface area contributed by atoms with Crippen LogP contribution >= 0.6 is 11.8 Å². The number of hydrogen-bond donors (Lipinski definition) is 2. The van der Waals surface area contributed by atoms with Crippen LogP contribution in [0, 0.1) is 0 Å². The van der Waals surface area contributed by atoms with E-state index in [4.69, 9.17) is 5.11 Å². The van der Waals surface area contributed by atoms with Gasteiger partial charge in [-0.3, -0.25) is 4.79 Å². The predicted octanol–water partition coefficient (Wildman–Crippen LogP) is 0.482. The lowest BCUT2D eigenvalue weighted by atomic mass is 10.3. The molecule has 2 N–H and O–H groups in total. The van der Waals surface area contributed by atoms with Gasteiger partial charge in [-0.2, -0.15) is 11.8 Å². The highest BCUT2D eigenvalue weighted by molar-refractivity contribution is 7.99. The van der Waals surface area contributed by atoms with Gasteiger partial charge in [0.2, 0.25) is 5.91 Å². The van der Waals surface area contributed by atoms with Crippen LogP contribution in [0.5, 0.6) is 0 Å². The number of aromatic nitrogens is 2. The zero-order valence-corrected chi connectivity index (χ0v) is 10.3. The summed E-state index contributed by atoms with van der Waals surface area (Å²) >= 11 is 1.50. The van der Waals surface area contributed by atoms with E-state index in [0.29, 0.717) is 13.1 Å². The Morgan fingerprint density at radius 3 is 3.00 bits per heavy atom. The molecule has 1 aromatic heterocycles. The van der Waals surface area contributed by atoms with Crippen LogP contribution in [0.1, 0.15) is 12.7 Å². The number of nitrogens with zero attached hydrogens (tertiary/aromatic N) is 2. The van der Waals surface area contributed by atoms with E-state index in [1.54, 1.807) is 17.3 Å². The first kappa shape index (κ1) is 13.1. The first-order chi connectivity index (χ1) is 7.69. The number of rotatable bonds is 6. The molecule has 0 saturated carbocycles. The summed E-state index contributed by atoms with van der Waals surface area (Å²) in [6.45, 7) is 2.58. The molecule has 16 heavy (non-hydrogen) atoms. The van der Waals surface area contributed by atoms with Crippen molar-refractivity contribution < 1.29 is 9.90 Å². The van der Waals surface area contributed by atoms with Gasteiger partial charge < -0.3 is 15.0 Å². The molecule has 1 aromatic rings. The van der Waals surface area contributed by atoms with E-state index in [9.17, 15) is 4.79 Å². The molecule has 0 bridgehead atoms. The molecule has 0 spiro atoms. The third-order valence-electron chi connectivity index (χ3n) is 2.28. The van der Waals surface area contributed by atoms with Gasteiger partial charge in [0, 0.05) is 18.9 Å². The Morgan fingerprint density at radius 2 is 2.50 bits per heavy atom. The molecule has 0 radical (unpaired) electrons. The van der Waals surface area contributed by atoms with Crippen LogP contribution in [0.2, 0.25) is 0 Å². The first-order valence-electron chi connectivity index (χ1n) is 5.09.